The molecule has 2 aromatic rings. The molecule has 0 spiro atoms. The minimum Gasteiger partial charge on any atom is -0.406 e. The van der Waals surface area contributed by atoms with Gasteiger partial charge in [-0.3, -0.25) is 5.32 Å². The first-order valence-electron chi connectivity index (χ1n) is 3.95. The Kier molecular flexibility index (Phi) is 2.32. The average molecular weight is 192 g/mol. The molecule has 0 unspecified atom stereocenters. The van der Waals surface area contributed by atoms with E-state index in [4.69, 9.17) is 10.2 Å². The van der Waals surface area contributed by atoms with Crippen molar-refractivity contribution in [2.24, 2.45) is 5.73 Å². The largest absolute Gasteiger partial charge is 0.406 e. The maximum absolute atomic E-state index is 5.30. The first kappa shape index (κ1) is 8.57. The standard InChI is InChI=1S/C7H8N6O/c8-4-5-12-13-7(14-5)11-6-9-2-1-3-10-6/h1-3H,4,8H2,(H,9,10,11,13). The van der Waals surface area contributed by atoms with Crippen molar-refractivity contribution in [3.8, 4) is 0 Å². The Morgan fingerprint density at radius 2 is 2.07 bits per heavy atom. The fourth-order valence-electron chi connectivity index (χ4n) is 0.846. The number of anilines is 2. The molecule has 14 heavy (non-hydrogen) atoms. The average Bonchev–Trinajstić information content (AvgIpc) is 2.67. The van der Waals surface area contributed by atoms with E-state index in [1.165, 1.54) is 0 Å². The van der Waals surface area contributed by atoms with Crippen LogP contribution in [0.15, 0.2) is 22.9 Å². The van der Waals surface area contributed by atoms with E-state index < -0.39 is 0 Å². The Morgan fingerprint density at radius 1 is 1.29 bits per heavy atom. The molecule has 0 aliphatic heterocycles. The third-order valence-electron chi connectivity index (χ3n) is 1.43. The van der Waals surface area contributed by atoms with Gasteiger partial charge in [-0.1, -0.05) is 5.10 Å². The molecule has 0 aliphatic rings. The molecule has 7 nitrogen and oxygen atoms in total. The predicted octanol–water partition coefficient (Wildman–Crippen LogP) is 0.0619. The van der Waals surface area contributed by atoms with Crippen molar-refractivity contribution in [3.63, 3.8) is 0 Å². The maximum Gasteiger partial charge on any atom is 0.322 e. The molecule has 0 atom stereocenters. The summed E-state index contributed by atoms with van der Waals surface area (Å²) in [6, 6.07) is 1.95. The molecular formula is C7H8N6O. The van der Waals surface area contributed by atoms with Crippen LogP contribution in [0.5, 0.6) is 0 Å². The van der Waals surface area contributed by atoms with Gasteiger partial charge in [-0.15, -0.1) is 5.10 Å². The Balaban J connectivity index is 2.11. The highest BCUT2D eigenvalue weighted by molar-refractivity contribution is 5.38. The number of aromatic nitrogens is 4. The summed E-state index contributed by atoms with van der Waals surface area (Å²) < 4.78 is 5.10. The van der Waals surface area contributed by atoms with Crippen molar-refractivity contribution >= 4 is 12.0 Å². The van der Waals surface area contributed by atoms with Crippen LogP contribution < -0.4 is 11.1 Å². The van der Waals surface area contributed by atoms with Crippen LogP contribution in [0, 0.1) is 0 Å². The fourth-order valence-corrected chi connectivity index (χ4v) is 0.846. The quantitative estimate of drug-likeness (QED) is 0.708. The second-order valence-electron chi connectivity index (χ2n) is 2.40. The zero-order chi connectivity index (χ0) is 9.80. The molecule has 0 amide bonds. The van der Waals surface area contributed by atoms with Crippen LogP contribution in [0.25, 0.3) is 0 Å². The molecule has 3 N–H and O–H groups in total. The lowest BCUT2D eigenvalue weighted by atomic mass is 10.7. The third kappa shape index (κ3) is 1.83. The summed E-state index contributed by atoms with van der Waals surface area (Å²) in [5, 5.41) is 10.1. The second kappa shape index (κ2) is 3.79. The SMILES string of the molecule is NCc1nnc(Nc2ncccn2)o1. The van der Waals surface area contributed by atoms with Gasteiger partial charge in [0.15, 0.2) is 0 Å². The van der Waals surface area contributed by atoms with E-state index in [0.29, 0.717) is 11.8 Å². The molecule has 0 saturated heterocycles. The van der Waals surface area contributed by atoms with E-state index in [-0.39, 0.29) is 12.6 Å². The molecular weight excluding hydrogens is 184 g/mol. The van der Waals surface area contributed by atoms with Crippen molar-refractivity contribution in [1.29, 1.82) is 0 Å². The van der Waals surface area contributed by atoms with Crippen LogP contribution in [0.4, 0.5) is 12.0 Å². The van der Waals surface area contributed by atoms with Gasteiger partial charge in [-0.2, -0.15) is 0 Å². The van der Waals surface area contributed by atoms with E-state index >= 15 is 0 Å². The van der Waals surface area contributed by atoms with Gasteiger partial charge in [0.2, 0.25) is 11.8 Å². The summed E-state index contributed by atoms with van der Waals surface area (Å²) >= 11 is 0. The molecule has 2 aromatic heterocycles. The number of hydrogen-bond donors (Lipinski definition) is 2. The van der Waals surface area contributed by atoms with Crippen LogP contribution in [-0.2, 0) is 6.54 Å². The molecule has 72 valence electrons. The lowest BCUT2D eigenvalue weighted by Gasteiger charge is -1.95. The number of hydrogen-bond acceptors (Lipinski definition) is 7. The number of nitrogens with two attached hydrogens (primary N) is 1. The Morgan fingerprint density at radius 3 is 2.71 bits per heavy atom. The summed E-state index contributed by atoms with van der Waals surface area (Å²) in [5.41, 5.74) is 5.30. The Bertz CT molecular complexity index is 400. The topological polar surface area (TPSA) is 103 Å². The van der Waals surface area contributed by atoms with Gasteiger partial charge >= 0.3 is 6.01 Å². The monoisotopic (exact) mass is 192 g/mol. The van der Waals surface area contributed by atoms with Crippen molar-refractivity contribution in [1.82, 2.24) is 20.2 Å². The van der Waals surface area contributed by atoms with Crippen molar-refractivity contribution in [2.45, 2.75) is 6.54 Å². The van der Waals surface area contributed by atoms with Crippen molar-refractivity contribution in [2.75, 3.05) is 5.32 Å². The van der Waals surface area contributed by atoms with Crippen molar-refractivity contribution in [3.05, 3.63) is 24.4 Å². The molecule has 2 heterocycles. The summed E-state index contributed by atoms with van der Waals surface area (Å²) in [5.74, 6) is 0.767. The lowest BCUT2D eigenvalue weighted by molar-refractivity contribution is 0.511. The second-order valence-corrected chi connectivity index (χ2v) is 2.40. The highest BCUT2D eigenvalue weighted by atomic mass is 16.4. The summed E-state index contributed by atoms with van der Waals surface area (Å²) in [4.78, 5) is 7.86. The minimum atomic E-state index is 0.213. The normalized spacial score (nSPS) is 10.1. The van der Waals surface area contributed by atoms with Gasteiger partial charge in [-0.25, -0.2) is 9.97 Å². The zero-order valence-corrected chi connectivity index (χ0v) is 7.21. The van der Waals surface area contributed by atoms with Crippen molar-refractivity contribution < 1.29 is 4.42 Å². The number of nitrogens with one attached hydrogen (secondary N) is 1. The van der Waals surface area contributed by atoms with Gasteiger partial charge in [0.1, 0.15) is 0 Å². The predicted molar refractivity (Wildman–Crippen MR) is 47.5 cm³/mol. The fraction of sp³-hybridized carbons (Fsp3) is 0.143. The summed E-state index contributed by atoms with van der Waals surface area (Å²) in [7, 11) is 0. The zero-order valence-electron chi connectivity index (χ0n) is 7.21. The van der Waals surface area contributed by atoms with Gasteiger partial charge in [0, 0.05) is 12.4 Å². The van der Waals surface area contributed by atoms with Crippen LogP contribution in [0.3, 0.4) is 0 Å². The van der Waals surface area contributed by atoms with Gasteiger partial charge in [0.25, 0.3) is 0 Å². The highest BCUT2D eigenvalue weighted by Gasteiger charge is 2.04. The number of rotatable bonds is 3. The summed E-state index contributed by atoms with van der Waals surface area (Å²) in [6.07, 6.45) is 3.21. The molecule has 7 heteroatoms. The highest BCUT2D eigenvalue weighted by Crippen LogP contribution is 2.09. The molecule has 0 saturated carbocycles. The Labute approximate surface area is 79.4 Å². The molecule has 0 radical (unpaired) electrons. The first-order chi connectivity index (χ1) is 6.88. The molecule has 0 aromatic carbocycles. The molecule has 0 bridgehead atoms. The van der Waals surface area contributed by atoms with Gasteiger partial charge in [-0.05, 0) is 6.07 Å². The van der Waals surface area contributed by atoms with Gasteiger partial charge in [0.05, 0.1) is 6.54 Å². The van der Waals surface area contributed by atoms with E-state index in [1.54, 1.807) is 18.5 Å². The van der Waals surface area contributed by atoms with Gasteiger partial charge < -0.3 is 10.2 Å². The summed E-state index contributed by atoms with van der Waals surface area (Å²) in [6.45, 7) is 0.213. The van der Waals surface area contributed by atoms with Crippen LogP contribution in [-0.4, -0.2) is 20.2 Å². The first-order valence-corrected chi connectivity index (χ1v) is 3.95. The lowest BCUT2D eigenvalue weighted by Crippen LogP contribution is -1.96. The molecule has 2 rings (SSSR count). The van der Waals surface area contributed by atoms with E-state index in [9.17, 15) is 0 Å². The molecule has 0 aliphatic carbocycles. The van der Waals surface area contributed by atoms with E-state index in [2.05, 4.69) is 25.5 Å². The maximum atomic E-state index is 5.30. The number of nitrogens with zero attached hydrogens (tertiary/aromatic N) is 4. The van der Waals surface area contributed by atoms with Crippen LogP contribution >= 0.6 is 0 Å². The van der Waals surface area contributed by atoms with E-state index in [1.807, 2.05) is 0 Å². The third-order valence-corrected chi connectivity index (χ3v) is 1.43. The molecule has 0 fully saturated rings. The minimum absolute atomic E-state index is 0.213. The Hall–Kier alpha value is -2.02. The smallest absolute Gasteiger partial charge is 0.322 e. The van der Waals surface area contributed by atoms with Crippen LogP contribution in [0.1, 0.15) is 5.89 Å². The van der Waals surface area contributed by atoms with E-state index in [0.717, 1.165) is 0 Å². The van der Waals surface area contributed by atoms with Crippen LogP contribution in [0.2, 0.25) is 0 Å².